The maximum atomic E-state index is 10.7. The van der Waals surface area contributed by atoms with Crippen LogP contribution in [0.1, 0.15) is 24.8 Å². The molecule has 2 aromatic rings. The molecule has 0 unspecified atom stereocenters. The van der Waals surface area contributed by atoms with Gasteiger partial charge in [0.1, 0.15) is 0 Å². The van der Waals surface area contributed by atoms with Gasteiger partial charge in [0.15, 0.2) is 5.16 Å². The van der Waals surface area contributed by atoms with Crippen molar-refractivity contribution in [2.75, 3.05) is 17.7 Å². The van der Waals surface area contributed by atoms with E-state index in [0.29, 0.717) is 5.16 Å². The minimum Gasteiger partial charge on any atom is -0.481 e. The largest absolute Gasteiger partial charge is 0.481 e. The smallest absolute Gasteiger partial charge is 0.313 e. The molecule has 0 atom stereocenters. The van der Waals surface area contributed by atoms with Crippen molar-refractivity contribution in [3.63, 3.8) is 0 Å². The van der Waals surface area contributed by atoms with Gasteiger partial charge in [-0.15, -0.1) is 21.5 Å². The van der Waals surface area contributed by atoms with E-state index in [1.165, 1.54) is 16.6 Å². The van der Waals surface area contributed by atoms with Crippen LogP contribution in [0.2, 0.25) is 0 Å². The molecule has 2 aromatic heterocycles. The highest BCUT2D eigenvalue weighted by molar-refractivity contribution is 7.99. The van der Waals surface area contributed by atoms with Crippen LogP contribution in [0.5, 0.6) is 0 Å². The van der Waals surface area contributed by atoms with Crippen molar-refractivity contribution >= 4 is 35.0 Å². The summed E-state index contributed by atoms with van der Waals surface area (Å²) >= 11 is 2.89. The maximum absolute atomic E-state index is 10.7. The molecule has 0 fully saturated rings. The molecule has 114 valence electrons. The molecule has 0 aliphatic heterocycles. The zero-order valence-corrected chi connectivity index (χ0v) is 13.8. The van der Waals surface area contributed by atoms with E-state index in [2.05, 4.69) is 16.3 Å². The van der Waals surface area contributed by atoms with Crippen molar-refractivity contribution < 1.29 is 9.90 Å². The molecular weight excluding hydrogens is 308 g/mol. The lowest BCUT2D eigenvalue weighted by Gasteiger charge is -2.21. The Morgan fingerprint density at radius 1 is 1.52 bits per heavy atom. The summed E-state index contributed by atoms with van der Waals surface area (Å²) in [6.45, 7) is 4.83. The minimum atomic E-state index is -0.855. The first-order valence-electron chi connectivity index (χ1n) is 6.52. The third-order valence-electron chi connectivity index (χ3n) is 2.80. The summed E-state index contributed by atoms with van der Waals surface area (Å²) in [5.74, 6) is -0.113. The van der Waals surface area contributed by atoms with E-state index < -0.39 is 5.97 Å². The summed E-state index contributed by atoms with van der Waals surface area (Å²) in [6, 6.07) is 4.27. The van der Waals surface area contributed by atoms with Crippen molar-refractivity contribution in [2.24, 2.45) is 0 Å². The van der Waals surface area contributed by atoms with Crippen LogP contribution < -0.4 is 4.90 Å². The average Bonchev–Trinajstić information content (AvgIpc) is 3.04. The molecule has 0 aliphatic rings. The second-order valence-corrected chi connectivity index (χ2v) is 6.84. The summed E-state index contributed by atoms with van der Waals surface area (Å²) < 4.78 is 1.97. The van der Waals surface area contributed by atoms with Gasteiger partial charge in [-0.2, -0.15) is 0 Å². The lowest BCUT2D eigenvalue weighted by Crippen LogP contribution is -2.21. The highest BCUT2D eigenvalue weighted by Gasteiger charge is 2.19. The van der Waals surface area contributed by atoms with Gasteiger partial charge in [-0.05, 0) is 25.3 Å². The molecule has 0 saturated heterocycles. The van der Waals surface area contributed by atoms with Gasteiger partial charge in [0.2, 0.25) is 5.95 Å². The number of nitrogens with zero attached hydrogens (tertiary/aromatic N) is 4. The van der Waals surface area contributed by atoms with Crippen LogP contribution in [0.4, 0.5) is 5.95 Å². The molecule has 0 aliphatic carbocycles. The second kappa shape index (κ2) is 6.95. The number of thioether (sulfide) groups is 1. The van der Waals surface area contributed by atoms with E-state index in [1.54, 1.807) is 11.3 Å². The van der Waals surface area contributed by atoms with Gasteiger partial charge >= 0.3 is 5.97 Å². The van der Waals surface area contributed by atoms with Gasteiger partial charge in [-0.25, -0.2) is 0 Å². The third-order valence-corrected chi connectivity index (χ3v) is 4.59. The Balaban J connectivity index is 2.20. The molecule has 0 radical (unpaired) electrons. The fourth-order valence-electron chi connectivity index (χ4n) is 1.91. The fourth-order valence-corrected chi connectivity index (χ4v) is 3.45. The van der Waals surface area contributed by atoms with Crippen LogP contribution in [-0.2, 0) is 11.3 Å². The summed E-state index contributed by atoms with van der Waals surface area (Å²) in [4.78, 5) is 14.0. The number of carboxylic acids is 1. The van der Waals surface area contributed by atoms with Crippen molar-refractivity contribution in [3.8, 4) is 0 Å². The molecular formula is C13H18N4O2S2. The van der Waals surface area contributed by atoms with Crippen LogP contribution in [0.15, 0.2) is 22.7 Å². The average molecular weight is 326 g/mol. The lowest BCUT2D eigenvalue weighted by molar-refractivity contribution is -0.133. The summed E-state index contributed by atoms with van der Waals surface area (Å²) in [7, 11) is 1.97. The predicted octanol–water partition coefficient (Wildman–Crippen LogP) is 2.73. The summed E-state index contributed by atoms with van der Waals surface area (Å²) in [6.07, 6.45) is 0. The highest BCUT2D eigenvalue weighted by atomic mass is 32.2. The van der Waals surface area contributed by atoms with Crippen LogP contribution in [0.25, 0.3) is 0 Å². The van der Waals surface area contributed by atoms with Crippen LogP contribution in [0, 0.1) is 0 Å². The highest BCUT2D eigenvalue weighted by Crippen LogP contribution is 2.26. The molecule has 21 heavy (non-hydrogen) atoms. The Bertz CT molecular complexity index is 595. The molecule has 6 nitrogen and oxygen atoms in total. The molecule has 0 saturated carbocycles. The van der Waals surface area contributed by atoms with Crippen molar-refractivity contribution in [1.29, 1.82) is 0 Å². The third kappa shape index (κ3) is 3.98. The minimum absolute atomic E-state index is 0.0144. The Kier molecular flexibility index (Phi) is 5.24. The van der Waals surface area contributed by atoms with Crippen molar-refractivity contribution in [3.05, 3.63) is 22.4 Å². The Morgan fingerprint density at radius 3 is 2.86 bits per heavy atom. The summed E-state index contributed by atoms with van der Waals surface area (Å²) in [5, 5.41) is 19.8. The number of rotatable bonds is 7. The summed E-state index contributed by atoms with van der Waals surface area (Å²) in [5.41, 5.74) is 0. The first-order valence-corrected chi connectivity index (χ1v) is 8.38. The van der Waals surface area contributed by atoms with E-state index in [0.717, 1.165) is 12.5 Å². The number of hydrogen-bond acceptors (Lipinski definition) is 6. The second-order valence-electron chi connectivity index (χ2n) is 4.86. The van der Waals surface area contributed by atoms with Gasteiger partial charge in [-0.3, -0.25) is 9.36 Å². The Hall–Kier alpha value is -1.54. The van der Waals surface area contributed by atoms with Gasteiger partial charge in [-0.1, -0.05) is 17.8 Å². The molecule has 0 aromatic carbocycles. The number of thiophene rings is 1. The van der Waals surface area contributed by atoms with Crippen molar-refractivity contribution in [2.45, 2.75) is 31.6 Å². The fraction of sp³-hybridized carbons (Fsp3) is 0.462. The van der Waals surface area contributed by atoms with Crippen LogP contribution >= 0.6 is 23.1 Å². The number of aliphatic carboxylic acids is 1. The van der Waals surface area contributed by atoms with E-state index in [-0.39, 0.29) is 11.8 Å². The molecule has 2 heterocycles. The topological polar surface area (TPSA) is 71.2 Å². The monoisotopic (exact) mass is 326 g/mol. The Morgan fingerprint density at radius 2 is 2.29 bits per heavy atom. The molecule has 8 heteroatoms. The van der Waals surface area contributed by atoms with Gasteiger partial charge in [0.05, 0.1) is 12.3 Å². The Labute approximate surface area is 131 Å². The van der Waals surface area contributed by atoms with Crippen LogP contribution in [-0.4, -0.2) is 38.6 Å². The number of hydrogen-bond donors (Lipinski definition) is 1. The van der Waals surface area contributed by atoms with E-state index >= 15 is 0 Å². The standard InChI is InChI=1S/C13H18N4O2S2/c1-9(2)17-12(14-15-13(17)21-8-11(18)19)16(3)7-10-5-4-6-20-10/h4-6,9H,7-8H2,1-3H3,(H,18,19). The molecule has 0 amide bonds. The van der Waals surface area contributed by atoms with Crippen LogP contribution in [0.3, 0.4) is 0 Å². The molecule has 0 bridgehead atoms. The van der Waals surface area contributed by atoms with E-state index in [9.17, 15) is 4.79 Å². The number of aromatic nitrogens is 3. The molecule has 0 spiro atoms. The SMILES string of the molecule is CC(C)n1c(SCC(=O)O)nnc1N(C)Cc1cccs1. The number of carbonyl (C=O) groups is 1. The number of anilines is 1. The zero-order chi connectivity index (χ0) is 15.4. The van der Waals surface area contributed by atoms with Gasteiger partial charge in [0, 0.05) is 18.0 Å². The predicted molar refractivity (Wildman–Crippen MR) is 85.2 cm³/mol. The first kappa shape index (κ1) is 15.8. The maximum Gasteiger partial charge on any atom is 0.313 e. The first-order chi connectivity index (χ1) is 9.99. The van der Waals surface area contributed by atoms with Crippen molar-refractivity contribution in [1.82, 2.24) is 14.8 Å². The molecule has 1 N–H and O–H groups in total. The van der Waals surface area contributed by atoms with Gasteiger partial charge in [0.25, 0.3) is 0 Å². The van der Waals surface area contributed by atoms with E-state index in [1.807, 2.05) is 41.8 Å². The lowest BCUT2D eigenvalue weighted by atomic mass is 10.4. The molecule has 2 rings (SSSR count). The van der Waals surface area contributed by atoms with Gasteiger partial charge < -0.3 is 10.0 Å². The normalized spacial score (nSPS) is 11.0. The zero-order valence-electron chi connectivity index (χ0n) is 12.2. The quantitative estimate of drug-likeness (QED) is 0.789. The van der Waals surface area contributed by atoms with E-state index in [4.69, 9.17) is 5.11 Å². The number of carboxylic acid groups (broad SMARTS) is 1.